The smallest absolute Gasteiger partial charge is 0.255 e. The van der Waals surface area contributed by atoms with Crippen LogP contribution in [0, 0.1) is 0 Å². The van der Waals surface area contributed by atoms with Gasteiger partial charge in [0.15, 0.2) is 0 Å². The summed E-state index contributed by atoms with van der Waals surface area (Å²) in [5.41, 5.74) is 1.81. The average Bonchev–Trinajstić information content (AvgIpc) is 2.39. The van der Waals surface area contributed by atoms with Crippen molar-refractivity contribution in [2.45, 2.75) is 11.8 Å². The Kier molecular flexibility index (Phi) is 4.42. The molecule has 0 saturated carbocycles. The molecule has 0 unspecified atom stereocenters. The standard InChI is InChI=1S/C15H14N2O2S/c1-10(18)16-12-3-2-4-13(9-12)17-15(19)11-5-7-14(20)8-6-11/h2-9,20H,1H3,(H,16,18)(H,17,19). The fourth-order valence-corrected chi connectivity index (χ4v) is 1.84. The molecule has 0 aliphatic carbocycles. The number of amides is 2. The molecule has 2 N–H and O–H groups in total. The second-order valence-electron chi connectivity index (χ2n) is 4.26. The van der Waals surface area contributed by atoms with Gasteiger partial charge in [-0.1, -0.05) is 6.07 Å². The van der Waals surface area contributed by atoms with Gasteiger partial charge in [-0.15, -0.1) is 12.6 Å². The molecule has 0 bridgehead atoms. The molecule has 0 radical (unpaired) electrons. The summed E-state index contributed by atoms with van der Waals surface area (Å²) < 4.78 is 0. The van der Waals surface area contributed by atoms with Gasteiger partial charge in [0, 0.05) is 28.8 Å². The fraction of sp³-hybridized carbons (Fsp3) is 0.0667. The third-order valence-electron chi connectivity index (χ3n) is 2.57. The minimum absolute atomic E-state index is 0.155. The van der Waals surface area contributed by atoms with E-state index in [-0.39, 0.29) is 11.8 Å². The molecule has 0 aliphatic heterocycles. The van der Waals surface area contributed by atoms with Crippen molar-refractivity contribution in [3.8, 4) is 0 Å². The van der Waals surface area contributed by atoms with Gasteiger partial charge in [0.2, 0.25) is 5.91 Å². The third-order valence-corrected chi connectivity index (χ3v) is 2.87. The minimum atomic E-state index is -0.210. The van der Waals surface area contributed by atoms with Crippen LogP contribution in [-0.4, -0.2) is 11.8 Å². The van der Waals surface area contributed by atoms with Crippen molar-refractivity contribution in [2.24, 2.45) is 0 Å². The Labute approximate surface area is 122 Å². The van der Waals surface area contributed by atoms with E-state index in [0.29, 0.717) is 16.9 Å². The lowest BCUT2D eigenvalue weighted by Gasteiger charge is -2.08. The molecule has 0 saturated heterocycles. The number of carbonyl (C=O) groups excluding carboxylic acids is 2. The van der Waals surface area contributed by atoms with E-state index in [1.54, 1.807) is 48.5 Å². The van der Waals surface area contributed by atoms with E-state index in [4.69, 9.17) is 0 Å². The van der Waals surface area contributed by atoms with E-state index in [9.17, 15) is 9.59 Å². The Morgan fingerprint density at radius 3 is 2.15 bits per heavy atom. The molecule has 0 aromatic heterocycles. The number of thiol groups is 1. The molecule has 20 heavy (non-hydrogen) atoms. The summed E-state index contributed by atoms with van der Waals surface area (Å²) in [6.07, 6.45) is 0. The zero-order valence-corrected chi connectivity index (χ0v) is 11.8. The van der Waals surface area contributed by atoms with E-state index < -0.39 is 0 Å². The fourth-order valence-electron chi connectivity index (χ4n) is 1.69. The first-order chi connectivity index (χ1) is 9.54. The van der Waals surface area contributed by atoms with Gasteiger partial charge < -0.3 is 10.6 Å². The molecule has 2 amide bonds. The molecule has 0 atom stereocenters. The van der Waals surface area contributed by atoms with Crippen molar-refractivity contribution in [2.75, 3.05) is 10.6 Å². The highest BCUT2D eigenvalue weighted by Crippen LogP contribution is 2.16. The van der Waals surface area contributed by atoms with E-state index >= 15 is 0 Å². The molecule has 102 valence electrons. The Bertz CT molecular complexity index is 639. The van der Waals surface area contributed by atoms with Gasteiger partial charge in [0.05, 0.1) is 0 Å². The Hall–Kier alpha value is -2.27. The van der Waals surface area contributed by atoms with Crippen LogP contribution in [0.2, 0.25) is 0 Å². The van der Waals surface area contributed by atoms with Crippen LogP contribution in [0.3, 0.4) is 0 Å². The first-order valence-corrected chi connectivity index (χ1v) is 6.47. The Morgan fingerprint density at radius 2 is 1.55 bits per heavy atom. The number of anilines is 2. The SMILES string of the molecule is CC(=O)Nc1cccc(NC(=O)c2ccc(S)cc2)c1. The second-order valence-corrected chi connectivity index (χ2v) is 4.78. The quantitative estimate of drug-likeness (QED) is 0.759. The normalized spacial score (nSPS) is 9.90. The Balaban J connectivity index is 2.11. The molecule has 2 rings (SSSR count). The number of nitrogens with one attached hydrogen (secondary N) is 2. The summed E-state index contributed by atoms with van der Waals surface area (Å²) in [6.45, 7) is 1.43. The van der Waals surface area contributed by atoms with Crippen molar-refractivity contribution < 1.29 is 9.59 Å². The summed E-state index contributed by atoms with van der Waals surface area (Å²) in [4.78, 5) is 23.8. The highest BCUT2D eigenvalue weighted by Gasteiger charge is 2.06. The van der Waals surface area contributed by atoms with Crippen molar-refractivity contribution in [3.05, 3.63) is 54.1 Å². The minimum Gasteiger partial charge on any atom is -0.326 e. The highest BCUT2D eigenvalue weighted by atomic mass is 32.1. The van der Waals surface area contributed by atoms with Crippen LogP contribution < -0.4 is 10.6 Å². The first-order valence-electron chi connectivity index (χ1n) is 6.02. The van der Waals surface area contributed by atoms with Crippen molar-refractivity contribution in [1.82, 2.24) is 0 Å². The number of carbonyl (C=O) groups is 2. The first kappa shape index (κ1) is 14.1. The number of rotatable bonds is 3. The van der Waals surface area contributed by atoms with Crippen LogP contribution in [-0.2, 0) is 4.79 Å². The van der Waals surface area contributed by atoms with Gasteiger partial charge in [-0.25, -0.2) is 0 Å². The molecule has 0 heterocycles. The van der Waals surface area contributed by atoms with Crippen LogP contribution in [0.15, 0.2) is 53.4 Å². The van der Waals surface area contributed by atoms with Gasteiger partial charge in [0.25, 0.3) is 5.91 Å². The predicted octanol–water partition coefficient (Wildman–Crippen LogP) is 3.19. The maximum Gasteiger partial charge on any atom is 0.255 e. The zero-order chi connectivity index (χ0) is 14.5. The van der Waals surface area contributed by atoms with Crippen LogP contribution in [0.25, 0.3) is 0 Å². The molecule has 0 spiro atoms. The van der Waals surface area contributed by atoms with Crippen molar-refractivity contribution >= 4 is 35.8 Å². The lowest BCUT2D eigenvalue weighted by molar-refractivity contribution is -0.114. The van der Waals surface area contributed by atoms with E-state index in [0.717, 1.165) is 4.90 Å². The van der Waals surface area contributed by atoms with E-state index in [2.05, 4.69) is 23.3 Å². The van der Waals surface area contributed by atoms with Crippen LogP contribution in [0.1, 0.15) is 17.3 Å². The zero-order valence-electron chi connectivity index (χ0n) is 10.9. The predicted molar refractivity (Wildman–Crippen MR) is 82.4 cm³/mol. The molecule has 4 nitrogen and oxygen atoms in total. The molecule has 5 heteroatoms. The number of hydrogen-bond acceptors (Lipinski definition) is 3. The molecule has 0 fully saturated rings. The maximum atomic E-state index is 12.0. The molecule has 0 aliphatic rings. The van der Waals surface area contributed by atoms with E-state index in [1.807, 2.05) is 0 Å². The molecular weight excluding hydrogens is 272 g/mol. The summed E-state index contributed by atoms with van der Waals surface area (Å²) in [5.74, 6) is -0.365. The Morgan fingerprint density at radius 1 is 0.950 bits per heavy atom. The largest absolute Gasteiger partial charge is 0.326 e. The van der Waals surface area contributed by atoms with Gasteiger partial charge in [-0.05, 0) is 42.5 Å². The molecule has 2 aromatic rings. The summed E-state index contributed by atoms with van der Waals surface area (Å²) >= 11 is 4.17. The van der Waals surface area contributed by atoms with Gasteiger partial charge in [-0.3, -0.25) is 9.59 Å². The van der Waals surface area contributed by atoms with E-state index in [1.165, 1.54) is 6.92 Å². The molecular formula is C15H14N2O2S. The second kappa shape index (κ2) is 6.25. The highest BCUT2D eigenvalue weighted by molar-refractivity contribution is 7.80. The van der Waals surface area contributed by atoms with Gasteiger partial charge in [-0.2, -0.15) is 0 Å². The molecule has 2 aromatic carbocycles. The maximum absolute atomic E-state index is 12.0. The van der Waals surface area contributed by atoms with Crippen LogP contribution >= 0.6 is 12.6 Å². The van der Waals surface area contributed by atoms with Crippen LogP contribution in [0.5, 0.6) is 0 Å². The average molecular weight is 286 g/mol. The lowest BCUT2D eigenvalue weighted by Crippen LogP contribution is -2.12. The summed E-state index contributed by atoms with van der Waals surface area (Å²) in [7, 11) is 0. The van der Waals surface area contributed by atoms with Gasteiger partial charge >= 0.3 is 0 Å². The number of hydrogen-bond donors (Lipinski definition) is 3. The lowest BCUT2D eigenvalue weighted by atomic mass is 10.2. The third kappa shape index (κ3) is 3.86. The van der Waals surface area contributed by atoms with Crippen molar-refractivity contribution in [3.63, 3.8) is 0 Å². The number of benzene rings is 2. The van der Waals surface area contributed by atoms with Crippen LogP contribution in [0.4, 0.5) is 11.4 Å². The van der Waals surface area contributed by atoms with Gasteiger partial charge in [0.1, 0.15) is 0 Å². The summed E-state index contributed by atoms with van der Waals surface area (Å²) in [6, 6.07) is 13.9. The topological polar surface area (TPSA) is 58.2 Å². The summed E-state index contributed by atoms with van der Waals surface area (Å²) in [5, 5.41) is 5.44. The van der Waals surface area contributed by atoms with Crippen molar-refractivity contribution in [1.29, 1.82) is 0 Å². The monoisotopic (exact) mass is 286 g/mol.